The Labute approximate surface area is 88.1 Å². The van der Waals surface area contributed by atoms with Crippen molar-refractivity contribution in [3.63, 3.8) is 0 Å². The number of hydrogen-bond donors (Lipinski definition) is 0. The molecule has 0 N–H and O–H groups in total. The summed E-state index contributed by atoms with van der Waals surface area (Å²) in [7, 11) is 2.14. The van der Waals surface area contributed by atoms with Crippen LogP contribution in [0.15, 0.2) is 0 Å². The van der Waals surface area contributed by atoms with E-state index in [0.29, 0.717) is 12.2 Å². The minimum absolute atomic E-state index is 0.300. The highest BCUT2D eigenvalue weighted by Gasteiger charge is 2.13. The lowest BCUT2D eigenvalue weighted by atomic mass is 10.2. The zero-order valence-corrected chi connectivity index (χ0v) is 10.0. The number of nitrogens with zero attached hydrogens (tertiary/aromatic N) is 2. The summed E-state index contributed by atoms with van der Waals surface area (Å²) in [6.07, 6.45) is 0.712. The van der Waals surface area contributed by atoms with E-state index in [2.05, 4.69) is 16.8 Å². The molecule has 1 aliphatic heterocycles. The molecule has 0 unspecified atom stereocenters. The summed E-state index contributed by atoms with van der Waals surface area (Å²) in [5, 5.41) is 0. The van der Waals surface area contributed by atoms with Gasteiger partial charge in [-0.3, -0.25) is 4.79 Å². The molecule has 0 amide bonds. The standard InChI is InChI=1S/C9H18N2O.C2H6/c1-9(12)3-4-11-7-5-10(2)6-8-11;1-2/h3-8H2,1-2H3;1-2H3. The van der Waals surface area contributed by atoms with Crippen molar-refractivity contribution in [2.24, 2.45) is 0 Å². The smallest absolute Gasteiger partial charge is 0.131 e. The molecule has 0 aromatic carbocycles. The van der Waals surface area contributed by atoms with Gasteiger partial charge in [0.2, 0.25) is 0 Å². The van der Waals surface area contributed by atoms with Gasteiger partial charge in [0.15, 0.2) is 0 Å². The van der Waals surface area contributed by atoms with Crippen molar-refractivity contribution in [3.05, 3.63) is 0 Å². The van der Waals surface area contributed by atoms with Gasteiger partial charge in [0.25, 0.3) is 0 Å². The van der Waals surface area contributed by atoms with E-state index in [-0.39, 0.29) is 0 Å². The molecule has 14 heavy (non-hydrogen) atoms. The lowest BCUT2D eigenvalue weighted by molar-refractivity contribution is -0.117. The number of likely N-dealkylation sites (N-methyl/N-ethyl adjacent to an activating group) is 1. The number of hydrogen-bond acceptors (Lipinski definition) is 3. The second-order valence-corrected chi connectivity index (χ2v) is 3.60. The van der Waals surface area contributed by atoms with E-state index in [1.807, 2.05) is 13.8 Å². The molecule has 0 atom stereocenters. The first kappa shape index (κ1) is 13.6. The van der Waals surface area contributed by atoms with Gasteiger partial charge >= 0.3 is 0 Å². The number of rotatable bonds is 3. The van der Waals surface area contributed by atoms with Crippen molar-refractivity contribution in [3.8, 4) is 0 Å². The van der Waals surface area contributed by atoms with Crippen LogP contribution >= 0.6 is 0 Å². The molecule has 0 aromatic heterocycles. The van der Waals surface area contributed by atoms with Gasteiger partial charge in [0, 0.05) is 39.1 Å². The highest BCUT2D eigenvalue weighted by molar-refractivity contribution is 5.75. The summed E-state index contributed by atoms with van der Waals surface area (Å²) in [4.78, 5) is 15.4. The number of carbonyl (C=O) groups is 1. The predicted octanol–water partition coefficient (Wildman–Crippen LogP) is 1.24. The highest BCUT2D eigenvalue weighted by atomic mass is 16.1. The molecule has 84 valence electrons. The summed E-state index contributed by atoms with van der Waals surface area (Å²) in [6.45, 7) is 11.1. The number of Topliss-reactive ketones (excluding diaryl/α,β-unsaturated/α-hetero) is 1. The summed E-state index contributed by atoms with van der Waals surface area (Å²) < 4.78 is 0. The van der Waals surface area contributed by atoms with E-state index in [1.165, 1.54) is 0 Å². The monoisotopic (exact) mass is 200 g/mol. The zero-order valence-electron chi connectivity index (χ0n) is 10.0. The average Bonchev–Trinajstić information content (AvgIpc) is 2.20. The minimum Gasteiger partial charge on any atom is -0.304 e. The van der Waals surface area contributed by atoms with E-state index in [4.69, 9.17) is 0 Å². The Morgan fingerprint density at radius 2 is 1.64 bits per heavy atom. The zero-order chi connectivity index (χ0) is 11.0. The summed E-state index contributed by atoms with van der Waals surface area (Å²) in [6, 6.07) is 0. The molecule has 0 radical (unpaired) electrons. The highest BCUT2D eigenvalue weighted by Crippen LogP contribution is 1.99. The largest absolute Gasteiger partial charge is 0.304 e. The van der Waals surface area contributed by atoms with Crippen LogP contribution in [-0.4, -0.2) is 55.4 Å². The molecule has 1 heterocycles. The molecule has 3 nitrogen and oxygen atoms in total. The third-order valence-electron chi connectivity index (χ3n) is 2.38. The fourth-order valence-electron chi connectivity index (χ4n) is 1.39. The molecule has 1 fully saturated rings. The maximum atomic E-state index is 10.7. The number of carbonyl (C=O) groups excluding carboxylic acids is 1. The second kappa shape index (κ2) is 7.94. The van der Waals surface area contributed by atoms with E-state index in [9.17, 15) is 4.79 Å². The quantitative estimate of drug-likeness (QED) is 0.685. The molecule has 0 spiro atoms. The fraction of sp³-hybridized carbons (Fsp3) is 0.909. The van der Waals surface area contributed by atoms with Gasteiger partial charge in [-0.05, 0) is 14.0 Å². The number of ketones is 1. The van der Waals surface area contributed by atoms with Crippen molar-refractivity contribution in [2.45, 2.75) is 27.2 Å². The van der Waals surface area contributed by atoms with Gasteiger partial charge in [-0.2, -0.15) is 0 Å². The molecule has 1 rings (SSSR count). The summed E-state index contributed by atoms with van der Waals surface area (Å²) in [5.74, 6) is 0.300. The van der Waals surface area contributed by atoms with Crippen LogP contribution in [-0.2, 0) is 4.79 Å². The molecule has 0 bridgehead atoms. The van der Waals surface area contributed by atoms with E-state index in [0.717, 1.165) is 32.7 Å². The van der Waals surface area contributed by atoms with Crippen LogP contribution in [0, 0.1) is 0 Å². The molecule has 1 saturated heterocycles. The normalized spacial score (nSPS) is 18.6. The van der Waals surface area contributed by atoms with Crippen LogP contribution in [0.1, 0.15) is 27.2 Å². The second-order valence-electron chi connectivity index (χ2n) is 3.60. The Kier molecular flexibility index (Phi) is 7.71. The Morgan fingerprint density at radius 1 is 1.14 bits per heavy atom. The molecule has 0 aromatic rings. The maximum Gasteiger partial charge on any atom is 0.131 e. The predicted molar refractivity (Wildman–Crippen MR) is 60.6 cm³/mol. The van der Waals surface area contributed by atoms with Crippen LogP contribution in [0.25, 0.3) is 0 Å². The van der Waals surface area contributed by atoms with Crippen molar-refractivity contribution in [1.29, 1.82) is 0 Å². The van der Waals surface area contributed by atoms with Crippen LogP contribution in [0.2, 0.25) is 0 Å². The van der Waals surface area contributed by atoms with Crippen molar-refractivity contribution >= 4 is 5.78 Å². The van der Waals surface area contributed by atoms with Gasteiger partial charge < -0.3 is 9.80 Å². The van der Waals surface area contributed by atoms with Crippen molar-refractivity contribution in [2.75, 3.05) is 39.8 Å². The number of piperazine rings is 1. The average molecular weight is 200 g/mol. The molecule has 0 aliphatic carbocycles. The molecular weight excluding hydrogens is 176 g/mol. The molecule has 0 saturated carbocycles. The third kappa shape index (κ3) is 6.11. The van der Waals surface area contributed by atoms with Gasteiger partial charge in [0.05, 0.1) is 0 Å². The Morgan fingerprint density at radius 3 is 2.07 bits per heavy atom. The van der Waals surface area contributed by atoms with Gasteiger partial charge in [-0.15, -0.1) is 0 Å². The van der Waals surface area contributed by atoms with Crippen molar-refractivity contribution in [1.82, 2.24) is 9.80 Å². The fourth-order valence-corrected chi connectivity index (χ4v) is 1.39. The lowest BCUT2D eigenvalue weighted by Gasteiger charge is -2.31. The van der Waals surface area contributed by atoms with E-state index >= 15 is 0 Å². The first-order valence-electron chi connectivity index (χ1n) is 5.59. The topological polar surface area (TPSA) is 23.6 Å². The van der Waals surface area contributed by atoms with Crippen LogP contribution in [0.3, 0.4) is 0 Å². The third-order valence-corrected chi connectivity index (χ3v) is 2.38. The van der Waals surface area contributed by atoms with Crippen molar-refractivity contribution < 1.29 is 4.79 Å². The van der Waals surface area contributed by atoms with Crippen LogP contribution in [0.4, 0.5) is 0 Å². The summed E-state index contributed by atoms with van der Waals surface area (Å²) >= 11 is 0. The van der Waals surface area contributed by atoms with Gasteiger partial charge in [-0.25, -0.2) is 0 Å². The lowest BCUT2D eigenvalue weighted by Crippen LogP contribution is -2.44. The minimum atomic E-state index is 0.300. The van der Waals surface area contributed by atoms with E-state index in [1.54, 1.807) is 6.92 Å². The summed E-state index contributed by atoms with van der Waals surface area (Å²) in [5.41, 5.74) is 0. The first-order chi connectivity index (χ1) is 6.68. The van der Waals surface area contributed by atoms with Crippen LogP contribution in [0.5, 0.6) is 0 Å². The van der Waals surface area contributed by atoms with Crippen LogP contribution < -0.4 is 0 Å². The molecule has 1 aliphatic rings. The molecule has 3 heteroatoms. The first-order valence-corrected chi connectivity index (χ1v) is 5.59. The van der Waals surface area contributed by atoms with E-state index < -0.39 is 0 Å². The maximum absolute atomic E-state index is 10.7. The molecular formula is C11H24N2O. The van der Waals surface area contributed by atoms with Gasteiger partial charge in [0.1, 0.15) is 5.78 Å². The Hall–Kier alpha value is -0.410. The van der Waals surface area contributed by atoms with Gasteiger partial charge in [-0.1, -0.05) is 13.8 Å². The Balaban J connectivity index is 0.000000791. The SMILES string of the molecule is CC.CC(=O)CCN1CCN(C)CC1. The Bertz CT molecular complexity index is 151.